The Morgan fingerprint density at radius 1 is 1.02 bits per heavy atom. The molecule has 9 rings (SSSR count). The first kappa shape index (κ1) is 25.9. The van der Waals surface area contributed by atoms with Crippen molar-refractivity contribution in [3.05, 3.63) is 101 Å². The maximum atomic E-state index is 7.43. The highest BCUT2D eigenvalue weighted by molar-refractivity contribution is 5.84. The van der Waals surface area contributed by atoms with Gasteiger partial charge in [0.15, 0.2) is 24.4 Å². The van der Waals surface area contributed by atoms with Crippen molar-refractivity contribution in [3.8, 4) is 11.5 Å². The molecule has 3 aromatic carbocycles. The summed E-state index contributed by atoms with van der Waals surface area (Å²) in [4.78, 5) is 2.77. The van der Waals surface area contributed by atoms with Gasteiger partial charge in [-0.15, -0.1) is 0 Å². The van der Waals surface area contributed by atoms with Gasteiger partial charge >= 0.3 is 0 Å². The van der Waals surface area contributed by atoms with E-state index in [0.29, 0.717) is 6.61 Å². The highest BCUT2D eigenvalue weighted by Crippen LogP contribution is 2.70. The fourth-order valence-corrected chi connectivity index (χ4v) is 8.84. The molecule has 4 aromatic rings. The van der Waals surface area contributed by atoms with E-state index >= 15 is 0 Å². The lowest BCUT2D eigenvalue weighted by Crippen LogP contribution is -2.75. The summed E-state index contributed by atoms with van der Waals surface area (Å²) in [5.74, 6) is 3.33. The van der Waals surface area contributed by atoms with Gasteiger partial charge in [-0.05, 0) is 61.4 Å². The van der Waals surface area contributed by atoms with Gasteiger partial charge in [-0.3, -0.25) is 4.90 Å². The van der Waals surface area contributed by atoms with Gasteiger partial charge in [0.05, 0.1) is 12.0 Å². The third kappa shape index (κ3) is 3.70. The summed E-state index contributed by atoms with van der Waals surface area (Å²) in [7, 11) is 1.65. The summed E-state index contributed by atoms with van der Waals surface area (Å²) in [5, 5.41) is 1.17. The molecule has 2 bridgehead atoms. The van der Waals surface area contributed by atoms with Crippen LogP contribution < -0.4 is 9.47 Å². The van der Waals surface area contributed by atoms with Crippen LogP contribution >= 0.6 is 0 Å². The summed E-state index contributed by atoms with van der Waals surface area (Å²) in [6.07, 6.45) is 9.44. The molecule has 6 nitrogen and oxygen atoms in total. The van der Waals surface area contributed by atoms with Crippen LogP contribution in [0.3, 0.4) is 0 Å². The number of para-hydroxylation sites is 1. The van der Waals surface area contributed by atoms with Crippen LogP contribution in [-0.2, 0) is 27.7 Å². The number of rotatable bonds is 9. The lowest BCUT2D eigenvalue weighted by molar-refractivity contribution is -0.201. The number of methoxy groups -OCH3 is 1. The van der Waals surface area contributed by atoms with Gasteiger partial charge in [0.2, 0.25) is 0 Å². The van der Waals surface area contributed by atoms with E-state index in [-0.39, 0.29) is 24.4 Å². The van der Waals surface area contributed by atoms with Crippen molar-refractivity contribution in [2.75, 3.05) is 33.6 Å². The van der Waals surface area contributed by atoms with E-state index in [0.717, 1.165) is 61.1 Å². The van der Waals surface area contributed by atoms with E-state index in [2.05, 4.69) is 83.8 Å². The second-order valence-corrected chi connectivity index (χ2v) is 13.0. The molecule has 220 valence electrons. The molecule has 0 unspecified atom stereocenters. The Kier molecular flexibility index (Phi) is 5.85. The Bertz CT molecular complexity index is 1720. The molecule has 2 aliphatic heterocycles. The molecule has 43 heavy (non-hydrogen) atoms. The Hall–Kier alpha value is -3.58. The molecule has 5 aliphatic rings. The number of nitrogens with zero attached hydrogens (tertiary/aromatic N) is 1. The number of hydrogen-bond acceptors (Lipinski definition) is 6. The minimum Gasteiger partial charge on any atom is -0.477 e. The lowest BCUT2D eigenvalue weighted by Gasteiger charge is -2.64. The third-order valence-corrected chi connectivity index (χ3v) is 10.8. The van der Waals surface area contributed by atoms with Crippen molar-refractivity contribution in [1.82, 2.24) is 4.90 Å². The largest absolute Gasteiger partial charge is 0.477 e. The molecular weight excluding hydrogens is 538 g/mol. The first-order valence-electron chi connectivity index (χ1n) is 15.8. The van der Waals surface area contributed by atoms with Crippen LogP contribution in [0.25, 0.3) is 17.0 Å². The van der Waals surface area contributed by atoms with Crippen molar-refractivity contribution < 1.29 is 23.4 Å². The molecule has 1 aromatic heterocycles. The summed E-state index contributed by atoms with van der Waals surface area (Å²) in [6.45, 7) is 2.89. The summed E-state index contributed by atoms with van der Waals surface area (Å²) in [5.41, 5.74) is 5.09. The van der Waals surface area contributed by atoms with Gasteiger partial charge in [-0.2, -0.15) is 0 Å². The minimum atomic E-state index is -0.483. The molecule has 1 saturated heterocycles. The summed E-state index contributed by atoms with van der Waals surface area (Å²) >= 11 is 0. The highest BCUT2D eigenvalue weighted by Gasteiger charge is 2.74. The third-order valence-electron chi connectivity index (χ3n) is 10.8. The van der Waals surface area contributed by atoms with Crippen LogP contribution in [0.1, 0.15) is 53.4 Å². The Balaban J connectivity index is 1.24. The quantitative estimate of drug-likeness (QED) is 0.204. The summed E-state index contributed by atoms with van der Waals surface area (Å²) in [6, 6.07) is 23.5. The number of furan rings is 1. The number of hydrogen-bond donors (Lipinski definition) is 0. The van der Waals surface area contributed by atoms with E-state index < -0.39 is 5.60 Å². The smallest absolute Gasteiger partial charge is 0.188 e. The zero-order chi connectivity index (χ0) is 28.6. The van der Waals surface area contributed by atoms with Gasteiger partial charge in [0.25, 0.3) is 0 Å². The van der Waals surface area contributed by atoms with E-state index in [1.54, 1.807) is 7.11 Å². The Morgan fingerprint density at radius 3 is 2.74 bits per heavy atom. The van der Waals surface area contributed by atoms with Gasteiger partial charge in [-0.1, -0.05) is 66.7 Å². The van der Waals surface area contributed by atoms with Gasteiger partial charge in [-0.25, -0.2) is 0 Å². The minimum absolute atomic E-state index is 0.173. The Labute approximate surface area is 252 Å². The van der Waals surface area contributed by atoms with E-state index in [1.165, 1.54) is 40.5 Å². The molecule has 0 N–H and O–H groups in total. The monoisotopic (exact) mass is 575 g/mol. The SMILES string of the molecule is COCOc1ccc2c3c1O[C@H]1c4oc5ccccc5c4C[C@@]4(OC/C=C/c5ccccc5)[C@H](C2)N(CC2CC2)CC[C@]314. The van der Waals surface area contributed by atoms with Crippen LogP contribution in [0.15, 0.2) is 77.2 Å². The van der Waals surface area contributed by atoms with Crippen LogP contribution in [0.2, 0.25) is 0 Å². The van der Waals surface area contributed by atoms with Crippen molar-refractivity contribution in [1.29, 1.82) is 0 Å². The standard InChI is InChI=1S/C37H37NO5/c1-39-23-40-30-16-15-26-20-31-37(41-19-7-10-24-8-3-2-4-9-24)21-28-27-11-5-6-12-29(27)42-33(28)35-36(37,32(26)34(30)43-35)17-18-38(31)22-25-13-14-25/h2-12,15-16,25,31,35H,13-14,17-23H2,1H3/b10-7+/t31-,35-,36-,37+/m0/s1. The van der Waals surface area contributed by atoms with Crippen LogP contribution in [0.5, 0.6) is 11.5 Å². The zero-order valence-corrected chi connectivity index (χ0v) is 24.6. The number of fused-ring (bicyclic) bond motifs is 4. The molecule has 0 amide bonds. The Morgan fingerprint density at radius 2 is 1.88 bits per heavy atom. The number of likely N-dealkylation sites (tertiary alicyclic amines) is 1. The fraction of sp³-hybridized carbons (Fsp3) is 0.405. The molecule has 4 atom stereocenters. The van der Waals surface area contributed by atoms with Gasteiger partial charge in [0, 0.05) is 42.6 Å². The second-order valence-electron chi connectivity index (χ2n) is 13.0. The van der Waals surface area contributed by atoms with Crippen LogP contribution in [0, 0.1) is 5.92 Å². The molecule has 3 heterocycles. The topological polar surface area (TPSA) is 53.3 Å². The van der Waals surface area contributed by atoms with Gasteiger partial charge in [0.1, 0.15) is 16.9 Å². The first-order valence-corrected chi connectivity index (χ1v) is 15.8. The lowest BCUT2D eigenvalue weighted by atomic mass is 9.49. The van der Waals surface area contributed by atoms with E-state index in [1.807, 2.05) is 0 Å². The predicted molar refractivity (Wildman–Crippen MR) is 164 cm³/mol. The highest BCUT2D eigenvalue weighted by atomic mass is 16.7. The van der Waals surface area contributed by atoms with E-state index in [4.69, 9.17) is 23.4 Å². The number of benzene rings is 3. The average Bonchev–Trinajstić information content (AvgIpc) is 3.68. The van der Waals surface area contributed by atoms with Crippen molar-refractivity contribution in [2.24, 2.45) is 5.92 Å². The maximum Gasteiger partial charge on any atom is 0.188 e. The normalized spacial score (nSPS) is 28.6. The molecular formula is C37H37NO5. The van der Waals surface area contributed by atoms with Crippen molar-refractivity contribution >= 4 is 17.0 Å². The van der Waals surface area contributed by atoms with Gasteiger partial charge < -0.3 is 23.4 Å². The predicted octanol–water partition coefficient (Wildman–Crippen LogP) is 6.85. The van der Waals surface area contributed by atoms with Crippen molar-refractivity contribution in [3.63, 3.8) is 0 Å². The molecule has 0 radical (unpaired) electrons. The molecule has 1 spiro atoms. The first-order chi connectivity index (χ1) is 21.2. The molecule has 3 aliphatic carbocycles. The zero-order valence-electron chi connectivity index (χ0n) is 24.6. The maximum absolute atomic E-state index is 7.43. The fourth-order valence-electron chi connectivity index (χ4n) is 8.84. The number of piperidine rings is 1. The van der Waals surface area contributed by atoms with Crippen LogP contribution in [-0.4, -0.2) is 50.1 Å². The second kappa shape index (κ2) is 9.71. The summed E-state index contributed by atoms with van der Waals surface area (Å²) < 4.78 is 32.7. The van der Waals surface area contributed by atoms with Crippen molar-refractivity contribution in [2.45, 2.75) is 55.3 Å². The molecule has 1 saturated carbocycles. The number of ether oxygens (including phenoxy) is 4. The molecule has 2 fully saturated rings. The molecule has 6 heteroatoms. The van der Waals surface area contributed by atoms with Crippen LogP contribution in [0.4, 0.5) is 0 Å². The average molecular weight is 576 g/mol. The van der Waals surface area contributed by atoms with E-state index in [9.17, 15) is 0 Å².